The molecule has 1 N–H and O–H groups in total. The van der Waals surface area contributed by atoms with Crippen LogP contribution in [0.25, 0.3) is 0 Å². The zero-order chi connectivity index (χ0) is 11.7. The van der Waals surface area contributed by atoms with Crippen molar-refractivity contribution in [2.24, 2.45) is 11.8 Å². The van der Waals surface area contributed by atoms with Crippen LogP contribution in [-0.4, -0.2) is 36.5 Å². The van der Waals surface area contributed by atoms with E-state index in [1.54, 1.807) is 0 Å². The van der Waals surface area contributed by atoms with E-state index >= 15 is 0 Å². The molecule has 1 aliphatic heterocycles. The van der Waals surface area contributed by atoms with E-state index in [0.717, 1.165) is 25.6 Å². The number of halogens is 1. The lowest BCUT2D eigenvalue weighted by molar-refractivity contribution is -0.140. The summed E-state index contributed by atoms with van der Waals surface area (Å²) >= 11 is 0. The fourth-order valence-electron chi connectivity index (χ4n) is 3.09. The van der Waals surface area contributed by atoms with Crippen molar-refractivity contribution in [1.82, 2.24) is 10.2 Å². The molecule has 0 radical (unpaired) electrons. The lowest BCUT2D eigenvalue weighted by atomic mass is 9.92. The topological polar surface area (TPSA) is 32.3 Å². The molecular weight excluding hydrogens is 248 g/mol. The van der Waals surface area contributed by atoms with Crippen LogP contribution in [0.1, 0.15) is 44.9 Å². The minimum absolute atomic E-state index is 0. The number of hydrogen-bond acceptors (Lipinski definition) is 2. The molecule has 0 unspecified atom stereocenters. The summed E-state index contributed by atoms with van der Waals surface area (Å²) in [4.78, 5) is 14.7. The van der Waals surface area contributed by atoms with Gasteiger partial charge >= 0.3 is 0 Å². The Kier molecular flexibility index (Phi) is 4.91. The molecule has 3 fully saturated rings. The average molecular weight is 273 g/mol. The molecule has 1 heterocycles. The van der Waals surface area contributed by atoms with Crippen molar-refractivity contribution in [3.05, 3.63) is 0 Å². The van der Waals surface area contributed by atoms with Gasteiger partial charge in [0.05, 0.1) is 5.92 Å². The second-order valence-electron chi connectivity index (χ2n) is 6.08. The Bertz CT molecular complexity index is 284. The van der Waals surface area contributed by atoms with Gasteiger partial charge in [0, 0.05) is 25.7 Å². The highest BCUT2D eigenvalue weighted by atomic mass is 35.5. The summed E-state index contributed by atoms with van der Waals surface area (Å²) < 4.78 is 0. The number of hydrogen-bond donors (Lipinski definition) is 1. The third-order valence-corrected chi connectivity index (χ3v) is 4.58. The molecule has 4 heteroatoms. The quantitative estimate of drug-likeness (QED) is 0.851. The molecular formula is C14H25ClN2O. The fraction of sp³-hybridized carbons (Fsp3) is 0.929. The Morgan fingerprint density at radius 2 is 1.72 bits per heavy atom. The van der Waals surface area contributed by atoms with Gasteiger partial charge in [0.15, 0.2) is 0 Å². The van der Waals surface area contributed by atoms with E-state index in [1.807, 2.05) is 0 Å². The predicted molar refractivity (Wildman–Crippen MR) is 74.9 cm³/mol. The first-order chi connectivity index (χ1) is 8.34. The molecule has 3 rings (SSSR count). The van der Waals surface area contributed by atoms with E-state index in [4.69, 9.17) is 0 Å². The van der Waals surface area contributed by atoms with Gasteiger partial charge in [0.1, 0.15) is 0 Å². The van der Waals surface area contributed by atoms with Crippen LogP contribution in [0.15, 0.2) is 0 Å². The fourth-order valence-corrected chi connectivity index (χ4v) is 3.09. The van der Waals surface area contributed by atoms with Crippen LogP contribution in [0.2, 0.25) is 0 Å². The van der Waals surface area contributed by atoms with Crippen LogP contribution in [0, 0.1) is 11.8 Å². The second-order valence-corrected chi connectivity index (χ2v) is 6.08. The number of carbonyl (C=O) groups is 1. The van der Waals surface area contributed by atoms with Crippen molar-refractivity contribution < 1.29 is 4.79 Å². The van der Waals surface area contributed by atoms with Crippen molar-refractivity contribution >= 4 is 18.3 Å². The largest absolute Gasteiger partial charge is 0.339 e. The van der Waals surface area contributed by atoms with Gasteiger partial charge in [-0.3, -0.25) is 4.79 Å². The van der Waals surface area contributed by atoms with Crippen molar-refractivity contribution in [3.63, 3.8) is 0 Å². The summed E-state index contributed by atoms with van der Waals surface area (Å²) in [6, 6.07) is 0.567. The molecule has 104 valence electrons. The van der Waals surface area contributed by atoms with Gasteiger partial charge in [0.25, 0.3) is 0 Å². The molecule has 1 saturated heterocycles. The SMILES string of the molecule is Cl.O=C(C1CNC1)N(CC1CC1)C1CCCCC1. The first kappa shape index (κ1) is 14.1. The van der Waals surface area contributed by atoms with Crippen LogP contribution < -0.4 is 5.32 Å². The van der Waals surface area contributed by atoms with E-state index in [-0.39, 0.29) is 18.3 Å². The highest BCUT2D eigenvalue weighted by Crippen LogP contribution is 2.33. The second kappa shape index (κ2) is 6.25. The van der Waals surface area contributed by atoms with Gasteiger partial charge in [-0.05, 0) is 31.6 Å². The van der Waals surface area contributed by atoms with Crippen LogP contribution in [0.5, 0.6) is 0 Å². The zero-order valence-corrected chi connectivity index (χ0v) is 11.9. The van der Waals surface area contributed by atoms with Crippen LogP contribution >= 0.6 is 12.4 Å². The van der Waals surface area contributed by atoms with Gasteiger partial charge in [-0.15, -0.1) is 12.4 Å². The Labute approximate surface area is 116 Å². The first-order valence-electron chi connectivity index (χ1n) is 7.36. The highest BCUT2D eigenvalue weighted by Gasteiger charge is 2.36. The van der Waals surface area contributed by atoms with Crippen molar-refractivity contribution in [1.29, 1.82) is 0 Å². The monoisotopic (exact) mass is 272 g/mol. The molecule has 3 aliphatic rings. The van der Waals surface area contributed by atoms with E-state index in [1.165, 1.54) is 44.9 Å². The standard InChI is InChI=1S/C14H24N2O.ClH/c17-14(12-8-15-9-12)16(10-11-6-7-11)13-4-2-1-3-5-13;/h11-13,15H,1-10H2;1H. The lowest BCUT2D eigenvalue weighted by Crippen LogP contribution is -2.55. The molecule has 2 saturated carbocycles. The minimum atomic E-state index is 0. The summed E-state index contributed by atoms with van der Waals surface area (Å²) in [5, 5.41) is 3.22. The van der Waals surface area contributed by atoms with E-state index in [0.29, 0.717) is 11.9 Å². The van der Waals surface area contributed by atoms with Crippen molar-refractivity contribution in [3.8, 4) is 0 Å². The maximum Gasteiger partial charge on any atom is 0.228 e. The Morgan fingerprint density at radius 3 is 2.22 bits per heavy atom. The molecule has 0 atom stereocenters. The molecule has 0 aromatic carbocycles. The van der Waals surface area contributed by atoms with Crippen LogP contribution in [-0.2, 0) is 4.79 Å². The molecule has 2 aliphatic carbocycles. The van der Waals surface area contributed by atoms with E-state index in [2.05, 4.69) is 10.2 Å². The number of rotatable bonds is 4. The summed E-state index contributed by atoms with van der Waals surface area (Å²) in [6.45, 7) is 2.87. The van der Waals surface area contributed by atoms with Crippen molar-refractivity contribution in [2.75, 3.05) is 19.6 Å². The molecule has 3 nitrogen and oxygen atoms in total. The van der Waals surface area contributed by atoms with Gasteiger partial charge in [0.2, 0.25) is 5.91 Å². The summed E-state index contributed by atoms with van der Waals surface area (Å²) in [7, 11) is 0. The maximum atomic E-state index is 12.5. The number of carbonyl (C=O) groups excluding carboxylic acids is 1. The first-order valence-corrected chi connectivity index (χ1v) is 7.36. The van der Waals surface area contributed by atoms with Gasteiger partial charge < -0.3 is 10.2 Å². The Balaban J connectivity index is 0.00000120. The Morgan fingerprint density at radius 1 is 1.06 bits per heavy atom. The molecule has 0 spiro atoms. The van der Waals surface area contributed by atoms with Gasteiger partial charge in [-0.25, -0.2) is 0 Å². The smallest absolute Gasteiger partial charge is 0.228 e. The summed E-state index contributed by atoms with van der Waals surface area (Å²) in [5.74, 6) is 1.56. The van der Waals surface area contributed by atoms with Crippen LogP contribution in [0.4, 0.5) is 0 Å². The molecule has 1 amide bonds. The number of amides is 1. The van der Waals surface area contributed by atoms with Crippen molar-refractivity contribution in [2.45, 2.75) is 51.0 Å². The van der Waals surface area contributed by atoms with E-state index < -0.39 is 0 Å². The van der Waals surface area contributed by atoms with E-state index in [9.17, 15) is 4.79 Å². The average Bonchev–Trinajstić information content (AvgIpc) is 3.08. The maximum absolute atomic E-state index is 12.5. The molecule has 0 aromatic heterocycles. The third-order valence-electron chi connectivity index (χ3n) is 4.58. The minimum Gasteiger partial charge on any atom is -0.339 e. The highest BCUT2D eigenvalue weighted by molar-refractivity contribution is 5.85. The number of nitrogens with one attached hydrogen (secondary N) is 1. The number of nitrogens with zero attached hydrogens (tertiary/aromatic N) is 1. The van der Waals surface area contributed by atoms with Crippen LogP contribution in [0.3, 0.4) is 0 Å². The normalized spacial score (nSPS) is 25.1. The Hall–Kier alpha value is -0.280. The van der Waals surface area contributed by atoms with Gasteiger partial charge in [-0.2, -0.15) is 0 Å². The zero-order valence-electron chi connectivity index (χ0n) is 11.1. The molecule has 0 aromatic rings. The molecule has 18 heavy (non-hydrogen) atoms. The summed E-state index contributed by atoms with van der Waals surface area (Å²) in [5.41, 5.74) is 0. The lowest BCUT2D eigenvalue weighted by Gasteiger charge is -2.39. The van der Waals surface area contributed by atoms with Gasteiger partial charge in [-0.1, -0.05) is 19.3 Å². The summed E-state index contributed by atoms with van der Waals surface area (Å²) in [6.07, 6.45) is 9.20. The predicted octanol–water partition coefficient (Wildman–Crippen LogP) is 2.20. The third kappa shape index (κ3) is 3.18. The molecule has 0 bridgehead atoms.